The first-order chi connectivity index (χ1) is 8.63. The van der Waals surface area contributed by atoms with E-state index in [2.05, 4.69) is 9.88 Å². The van der Waals surface area contributed by atoms with Gasteiger partial charge in [-0.25, -0.2) is 0 Å². The smallest absolute Gasteiger partial charge is 0.317 e. The molecule has 1 aromatic rings. The van der Waals surface area contributed by atoms with Crippen LogP contribution in [0.15, 0.2) is 18.2 Å². The Morgan fingerprint density at radius 1 is 1.28 bits per heavy atom. The van der Waals surface area contributed by atoms with Crippen LogP contribution in [0.1, 0.15) is 11.4 Å². The van der Waals surface area contributed by atoms with Gasteiger partial charge in [0, 0.05) is 38.4 Å². The summed E-state index contributed by atoms with van der Waals surface area (Å²) in [4.78, 5) is 19.4. The van der Waals surface area contributed by atoms with Gasteiger partial charge in [-0.15, -0.1) is 0 Å². The molecule has 0 spiro atoms. The molecule has 2 rings (SSSR count). The summed E-state index contributed by atoms with van der Waals surface area (Å²) in [5.41, 5.74) is 2.12. The number of rotatable bonds is 4. The van der Waals surface area contributed by atoms with Gasteiger partial charge in [-0.3, -0.25) is 19.6 Å². The molecule has 5 nitrogen and oxygen atoms in total. The van der Waals surface area contributed by atoms with E-state index in [1.807, 2.05) is 30.0 Å². The maximum Gasteiger partial charge on any atom is 0.317 e. The molecule has 98 valence electrons. The average Bonchev–Trinajstić information content (AvgIpc) is 2.31. The highest BCUT2D eigenvalue weighted by atomic mass is 16.4. The van der Waals surface area contributed by atoms with E-state index in [0.29, 0.717) is 0 Å². The topological polar surface area (TPSA) is 56.7 Å². The van der Waals surface area contributed by atoms with Crippen LogP contribution < -0.4 is 0 Å². The molecule has 0 radical (unpaired) electrons. The molecule has 0 atom stereocenters. The van der Waals surface area contributed by atoms with Gasteiger partial charge in [0.05, 0.1) is 12.2 Å². The predicted octanol–water partition coefficient (Wildman–Crippen LogP) is 0.592. The lowest BCUT2D eigenvalue weighted by molar-refractivity contribution is -0.138. The third-order valence-corrected chi connectivity index (χ3v) is 3.16. The summed E-state index contributed by atoms with van der Waals surface area (Å²) in [5, 5.41) is 8.73. The zero-order valence-electron chi connectivity index (χ0n) is 10.7. The minimum Gasteiger partial charge on any atom is -0.480 e. The summed E-state index contributed by atoms with van der Waals surface area (Å²) in [6, 6.07) is 6.06. The molecule has 5 heteroatoms. The summed E-state index contributed by atoms with van der Waals surface area (Å²) in [6.07, 6.45) is 0. The third kappa shape index (κ3) is 3.78. The molecule has 0 aliphatic carbocycles. The standard InChI is InChI=1S/C13H19N3O2/c1-11-3-2-4-12(14-11)9-15-5-7-16(8-6-15)10-13(17)18/h2-4H,5-10H2,1H3,(H,17,18). The SMILES string of the molecule is Cc1cccc(CN2CCN(CC(=O)O)CC2)n1. The largest absolute Gasteiger partial charge is 0.480 e. The van der Waals surface area contributed by atoms with Gasteiger partial charge in [0.1, 0.15) is 0 Å². The number of hydrogen-bond acceptors (Lipinski definition) is 4. The molecule has 0 aromatic carbocycles. The number of pyridine rings is 1. The number of aromatic nitrogens is 1. The summed E-state index contributed by atoms with van der Waals surface area (Å²) < 4.78 is 0. The van der Waals surface area contributed by atoms with E-state index >= 15 is 0 Å². The van der Waals surface area contributed by atoms with Crippen LogP contribution in [-0.4, -0.2) is 58.6 Å². The molecule has 0 saturated carbocycles. The number of carbonyl (C=O) groups is 1. The van der Waals surface area contributed by atoms with Crippen molar-refractivity contribution < 1.29 is 9.90 Å². The zero-order chi connectivity index (χ0) is 13.0. The second-order valence-electron chi connectivity index (χ2n) is 4.72. The van der Waals surface area contributed by atoms with Crippen molar-refractivity contribution in [1.82, 2.24) is 14.8 Å². The fourth-order valence-electron chi connectivity index (χ4n) is 2.21. The first kappa shape index (κ1) is 13.0. The van der Waals surface area contributed by atoms with Gasteiger partial charge in [-0.1, -0.05) is 6.07 Å². The molecule has 0 bridgehead atoms. The Bertz CT molecular complexity index is 414. The maximum absolute atomic E-state index is 10.6. The van der Waals surface area contributed by atoms with Gasteiger partial charge >= 0.3 is 5.97 Å². The minimum atomic E-state index is -0.746. The van der Waals surface area contributed by atoms with Crippen molar-refractivity contribution in [1.29, 1.82) is 0 Å². The Balaban J connectivity index is 1.81. The Kier molecular flexibility index (Phi) is 4.28. The fourth-order valence-corrected chi connectivity index (χ4v) is 2.21. The molecule has 1 aromatic heterocycles. The van der Waals surface area contributed by atoms with E-state index in [1.165, 1.54) is 0 Å². The van der Waals surface area contributed by atoms with Gasteiger partial charge in [0.25, 0.3) is 0 Å². The van der Waals surface area contributed by atoms with Crippen molar-refractivity contribution in [2.24, 2.45) is 0 Å². The molecule has 1 aliphatic heterocycles. The summed E-state index contributed by atoms with van der Waals surface area (Å²) in [7, 11) is 0. The summed E-state index contributed by atoms with van der Waals surface area (Å²) >= 11 is 0. The zero-order valence-corrected chi connectivity index (χ0v) is 10.7. The first-order valence-corrected chi connectivity index (χ1v) is 6.22. The van der Waals surface area contributed by atoms with Crippen LogP contribution in [0.2, 0.25) is 0 Å². The van der Waals surface area contributed by atoms with E-state index in [-0.39, 0.29) is 6.54 Å². The van der Waals surface area contributed by atoms with Crippen LogP contribution in [0.25, 0.3) is 0 Å². The maximum atomic E-state index is 10.6. The Morgan fingerprint density at radius 2 is 1.94 bits per heavy atom. The van der Waals surface area contributed by atoms with Crippen molar-refractivity contribution in [3.63, 3.8) is 0 Å². The van der Waals surface area contributed by atoms with Crippen molar-refractivity contribution >= 4 is 5.97 Å². The average molecular weight is 249 g/mol. The fraction of sp³-hybridized carbons (Fsp3) is 0.538. The van der Waals surface area contributed by atoms with Crippen LogP contribution in [0.5, 0.6) is 0 Å². The monoisotopic (exact) mass is 249 g/mol. The lowest BCUT2D eigenvalue weighted by Gasteiger charge is -2.33. The molecule has 0 amide bonds. The highest BCUT2D eigenvalue weighted by molar-refractivity contribution is 5.69. The number of hydrogen-bond donors (Lipinski definition) is 1. The number of nitrogens with zero attached hydrogens (tertiary/aromatic N) is 3. The van der Waals surface area contributed by atoms with Crippen LogP contribution >= 0.6 is 0 Å². The van der Waals surface area contributed by atoms with Crippen molar-refractivity contribution in [2.45, 2.75) is 13.5 Å². The molecule has 1 N–H and O–H groups in total. The van der Waals surface area contributed by atoms with Crippen molar-refractivity contribution in [3.8, 4) is 0 Å². The van der Waals surface area contributed by atoms with Gasteiger partial charge in [0.15, 0.2) is 0 Å². The lowest BCUT2D eigenvalue weighted by atomic mass is 10.2. The molecule has 2 heterocycles. The van der Waals surface area contributed by atoms with Gasteiger partial charge in [-0.2, -0.15) is 0 Å². The molecular weight excluding hydrogens is 230 g/mol. The Morgan fingerprint density at radius 3 is 2.56 bits per heavy atom. The summed E-state index contributed by atoms with van der Waals surface area (Å²) in [6.45, 7) is 6.44. The van der Waals surface area contributed by atoms with Gasteiger partial charge in [0.2, 0.25) is 0 Å². The first-order valence-electron chi connectivity index (χ1n) is 6.22. The number of carboxylic acids is 1. The Labute approximate surface area is 107 Å². The second kappa shape index (κ2) is 5.93. The van der Waals surface area contributed by atoms with Gasteiger partial charge < -0.3 is 5.11 Å². The minimum absolute atomic E-state index is 0.149. The van der Waals surface area contributed by atoms with Crippen LogP contribution in [-0.2, 0) is 11.3 Å². The normalized spacial score (nSPS) is 17.8. The number of aliphatic carboxylic acids is 1. The van der Waals surface area contributed by atoms with Crippen LogP contribution in [0.3, 0.4) is 0 Å². The number of piperazine rings is 1. The molecule has 1 aliphatic rings. The second-order valence-corrected chi connectivity index (χ2v) is 4.72. The molecule has 0 unspecified atom stereocenters. The third-order valence-electron chi connectivity index (χ3n) is 3.16. The number of carboxylic acid groups (broad SMARTS) is 1. The Hall–Kier alpha value is -1.46. The van der Waals surface area contributed by atoms with Crippen LogP contribution in [0.4, 0.5) is 0 Å². The molecule has 1 saturated heterocycles. The quantitative estimate of drug-likeness (QED) is 0.846. The van der Waals surface area contributed by atoms with E-state index in [9.17, 15) is 4.79 Å². The predicted molar refractivity (Wildman–Crippen MR) is 68.3 cm³/mol. The van der Waals surface area contributed by atoms with Crippen molar-refractivity contribution in [3.05, 3.63) is 29.6 Å². The lowest BCUT2D eigenvalue weighted by Crippen LogP contribution is -2.47. The molecular formula is C13H19N3O2. The van der Waals surface area contributed by atoms with Crippen LogP contribution in [0, 0.1) is 6.92 Å². The highest BCUT2D eigenvalue weighted by Crippen LogP contribution is 2.07. The molecule has 1 fully saturated rings. The van der Waals surface area contributed by atoms with E-state index < -0.39 is 5.97 Å². The van der Waals surface area contributed by atoms with E-state index in [0.717, 1.165) is 44.1 Å². The molecule has 18 heavy (non-hydrogen) atoms. The summed E-state index contributed by atoms with van der Waals surface area (Å²) in [5.74, 6) is -0.746. The number of aryl methyl sites for hydroxylation is 1. The van der Waals surface area contributed by atoms with Crippen molar-refractivity contribution in [2.75, 3.05) is 32.7 Å². The van der Waals surface area contributed by atoms with E-state index in [4.69, 9.17) is 5.11 Å². The van der Waals surface area contributed by atoms with Gasteiger partial charge in [-0.05, 0) is 19.1 Å². The van der Waals surface area contributed by atoms with E-state index in [1.54, 1.807) is 0 Å². The highest BCUT2D eigenvalue weighted by Gasteiger charge is 2.18.